The molecular weight excluding hydrogens is 421 g/mol. The van der Waals surface area contributed by atoms with Crippen molar-refractivity contribution in [1.82, 2.24) is 9.62 Å². The van der Waals surface area contributed by atoms with Crippen LogP contribution in [0.3, 0.4) is 0 Å². The van der Waals surface area contributed by atoms with Gasteiger partial charge in [-0.05, 0) is 37.1 Å². The van der Waals surface area contributed by atoms with Crippen LogP contribution in [0.25, 0.3) is 0 Å². The van der Waals surface area contributed by atoms with Gasteiger partial charge in [0.2, 0.25) is 10.0 Å². The van der Waals surface area contributed by atoms with Crippen LogP contribution in [-0.4, -0.2) is 53.0 Å². The van der Waals surface area contributed by atoms with E-state index in [9.17, 15) is 34.8 Å². The fraction of sp³-hybridized carbons (Fsp3) is 0.462. The first kappa shape index (κ1) is 20.9. The van der Waals surface area contributed by atoms with Crippen LogP contribution in [0.1, 0.15) is 12.8 Å². The molecule has 1 aromatic carbocycles. The van der Waals surface area contributed by atoms with E-state index in [1.165, 1.54) is 0 Å². The molecule has 26 heavy (non-hydrogen) atoms. The highest BCUT2D eigenvalue weighted by atomic mass is 35.7. The third-order valence-electron chi connectivity index (χ3n) is 3.76. The van der Waals surface area contributed by atoms with Crippen molar-refractivity contribution in [3.8, 4) is 0 Å². The van der Waals surface area contributed by atoms with Crippen LogP contribution in [0, 0.1) is 0 Å². The van der Waals surface area contributed by atoms with Crippen molar-refractivity contribution in [1.29, 1.82) is 0 Å². The smallest absolute Gasteiger partial charge is 0.335 e. The van der Waals surface area contributed by atoms with E-state index in [-0.39, 0.29) is 35.7 Å². The van der Waals surface area contributed by atoms with Crippen molar-refractivity contribution in [3.63, 3.8) is 0 Å². The summed E-state index contributed by atoms with van der Waals surface area (Å²) in [5.41, 5.74) is 0. The van der Waals surface area contributed by atoms with Crippen LogP contribution in [0.15, 0.2) is 34.1 Å². The van der Waals surface area contributed by atoms with Crippen molar-refractivity contribution >= 4 is 35.7 Å². The first-order chi connectivity index (χ1) is 11.8. The van der Waals surface area contributed by atoms with E-state index in [0.717, 1.165) is 24.3 Å². The average Bonchev–Trinajstić information content (AvgIpc) is 2.53. The lowest BCUT2D eigenvalue weighted by Gasteiger charge is -2.32. The topological polar surface area (TPSA) is 101 Å². The van der Waals surface area contributed by atoms with Gasteiger partial charge in [-0.3, -0.25) is 4.79 Å². The Morgan fingerprint density at radius 3 is 1.92 bits per heavy atom. The molecule has 1 amide bonds. The fourth-order valence-electron chi connectivity index (χ4n) is 2.45. The van der Waals surface area contributed by atoms with Gasteiger partial charge in [-0.25, -0.2) is 21.6 Å². The highest BCUT2D eigenvalue weighted by Gasteiger charge is 2.43. The number of piperidine rings is 1. The molecule has 0 radical (unpaired) electrons. The van der Waals surface area contributed by atoms with Gasteiger partial charge >= 0.3 is 12.1 Å². The maximum Gasteiger partial charge on any atom is 0.471 e. The van der Waals surface area contributed by atoms with Crippen molar-refractivity contribution in [2.24, 2.45) is 0 Å². The van der Waals surface area contributed by atoms with E-state index >= 15 is 0 Å². The van der Waals surface area contributed by atoms with Crippen molar-refractivity contribution in [3.05, 3.63) is 24.3 Å². The average molecular weight is 435 g/mol. The molecule has 1 saturated heterocycles. The molecule has 0 bridgehead atoms. The molecule has 0 spiro atoms. The maximum absolute atomic E-state index is 12.4. The summed E-state index contributed by atoms with van der Waals surface area (Å²) in [6.07, 6.45) is -4.92. The minimum Gasteiger partial charge on any atom is -0.335 e. The zero-order chi connectivity index (χ0) is 19.8. The van der Waals surface area contributed by atoms with Gasteiger partial charge < -0.3 is 4.90 Å². The fourth-order valence-corrected chi connectivity index (χ4v) is 4.52. The molecular formula is C13H14ClF3N2O5S2. The number of alkyl halides is 3. The number of nitrogens with one attached hydrogen (secondary N) is 1. The van der Waals surface area contributed by atoms with Crippen LogP contribution in [0.2, 0.25) is 0 Å². The number of sulfonamides is 1. The Morgan fingerprint density at radius 1 is 1.04 bits per heavy atom. The number of nitrogens with zero attached hydrogens (tertiary/aromatic N) is 1. The lowest BCUT2D eigenvalue weighted by Crippen LogP contribution is -2.49. The third kappa shape index (κ3) is 5.09. The quantitative estimate of drug-likeness (QED) is 0.723. The summed E-state index contributed by atoms with van der Waals surface area (Å²) in [6, 6.07) is 3.52. The van der Waals surface area contributed by atoms with Crippen molar-refractivity contribution < 1.29 is 34.8 Å². The second-order valence-corrected chi connectivity index (χ2v) is 9.87. The Labute approximate surface area is 152 Å². The monoisotopic (exact) mass is 434 g/mol. The number of rotatable bonds is 4. The zero-order valence-corrected chi connectivity index (χ0v) is 15.4. The SMILES string of the molecule is O=C(N1CCC(NS(=O)(=O)c2ccc(S(=O)(=O)Cl)cc2)CC1)C(F)(F)F. The summed E-state index contributed by atoms with van der Waals surface area (Å²) in [4.78, 5) is 11.3. The first-order valence-corrected chi connectivity index (χ1v) is 11.0. The Bertz CT molecular complexity index is 877. The van der Waals surface area contributed by atoms with Crippen LogP contribution in [0.5, 0.6) is 0 Å². The predicted molar refractivity (Wildman–Crippen MR) is 85.5 cm³/mol. The normalized spacial score (nSPS) is 17.3. The molecule has 7 nitrogen and oxygen atoms in total. The zero-order valence-electron chi connectivity index (χ0n) is 13.0. The summed E-state index contributed by atoms with van der Waals surface area (Å²) in [6.45, 7) is -0.454. The van der Waals surface area contributed by atoms with Crippen molar-refractivity contribution in [2.45, 2.75) is 34.9 Å². The standard InChI is InChI=1S/C13H14ClF3N2O5S2/c14-25(21,22)10-1-3-11(4-2-10)26(23,24)18-9-5-7-19(8-6-9)12(20)13(15,16)17/h1-4,9,18H,5-8H2. The number of hydrogen-bond donors (Lipinski definition) is 1. The molecule has 0 aliphatic carbocycles. The largest absolute Gasteiger partial charge is 0.471 e. The van der Waals surface area contributed by atoms with E-state index in [2.05, 4.69) is 4.72 Å². The summed E-state index contributed by atoms with van der Waals surface area (Å²) < 4.78 is 86.4. The number of carbonyl (C=O) groups excluding carboxylic acids is 1. The number of hydrogen-bond acceptors (Lipinski definition) is 5. The second kappa shape index (κ2) is 7.33. The van der Waals surface area contributed by atoms with Gasteiger partial charge in [0.05, 0.1) is 9.79 Å². The molecule has 0 atom stereocenters. The van der Waals surface area contributed by atoms with E-state index in [0.29, 0.717) is 4.90 Å². The molecule has 2 rings (SSSR count). The Balaban J connectivity index is 2.02. The first-order valence-electron chi connectivity index (χ1n) is 7.24. The lowest BCUT2D eigenvalue weighted by atomic mass is 10.1. The maximum atomic E-state index is 12.4. The van der Waals surface area contributed by atoms with Gasteiger partial charge in [-0.1, -0.05) is 0 Å². The van der Waals surface area contributed by atoms with Gasteiger partial charge in [0.1, 0.15) is 0 Å². The van der Waals surface area contributed by atoms with E-state index < -0.39 is 37.2 Å². The molecule has 0 unspecified atom stereocenters. The van der Waals surface area contributed by atoms with Gasteiger partial charge in [-0.2, -0.15) is 13.2 Å². The van der Waals surface area contributed by atoms with Crippen LogP contribution in [0.4, 0.5) is 13.2 Å². The highest BCUT2D eigenvalue weighted by molar-refractivity contribution is 8.13. The Hall–Kier alpha value is -1.37. The Kier molecular flexibility index (Phi) is 5.90. The molecule has 1 heterocycles. The van der Waals surface area contributed by atoms with Gasteiger partial charge in [0, 0.05) is 29.8 Å². The molecule has 1 aliphatic heterocycles. The molecule has 146 valence electrons. The molecule has 1 aliphatic rings. The van der Waals surface area contributed by atoms with Crippen LogP contribution < -0.4 is 4.72 Å². The van der Waals surface area contributed by atoms with E-state index in [4.69, 9.17) is 10.7 Å². The minimum atomic E-state index is -4.96. The van der Waals surface area contributed by atoms with E-state index in [1.807, 2.05) is 0 Å². The predicted octanol–water partition coefficient (Wildman–Crippen LogP) is 1.45. The van der Waals surface area contributed by atoms with Gasteiger partial charge in [0.25, 0.3) is 9.05 Å². The molecule has 0 saturated carbocycles. The lowest BCUT2D eigenvalue weighted by molar-refractivity contribution is -0.186. The molecule has 0 aromatic heterocycles. The second-order valence-electron chi connectivity index (χ2n) is 5.59. The number of amides is 1. The third-order valence-corrected chi connectivity index (χ3v) is 6.67. The van der Waals surface area contributed by atoms with E-state index in [1.54, 1.807) is 0 Å². The number of halogens is 4. The summed E-state index contributed by atoms with van der Waals surface area (Å²) in [5, 5.41) is 0. The van der Waals surface area contributed by atoms with Crippen LogP contribution >= 0.6 is 10.7 Å². The number of carbonyl (C=O) groups is 1. The van der Waals surface area contributed by atoms with Gasteiger partial charge in [0.15, 0.2) is 0 Å². The molecule has 1 fully saturated rings. The Morgan fingerprint density at radius 2 is 1.50 bits per heavy atom. The molecule has 1 N–H and O–H groups in total. The minimum absolute atomic E-state index is 0.0230. The molecule has 13 heteroatoms. The summed E-state index contributed by atoms with van der Waals surface area (Å²) in [5.74, 6) is -1.95. The number of likely N-dealkylation sites (tertiary alicyclic amines) is 1. The highest BCUT2D eigenvalue weighted by Crippen LogP contribution is 2.23. The summed E-state index contributed by atoms with van der Waals surface area (Å²) in [7, 11) is -2.85. The van der Waals surface area contributed by atoms with Crippen molar-refractivity contribution in [2.75, 3.05) is 13.1 Å². The summed E-state index contributed by atoms with van der Waals surface area (Å²) >= 11 is 0. The number of benzene rings is 1. The van der Waals surface area contributed by atoms with Gasteiger partial charge in [-0.15, -0.1) is 0 Å². The molecule has 1 aromatic rings. The van der Waals surface area contributed by atoms with Crippen LogP contribution in [-0.2, 0) is 23.9 Å².